The van der Waals surface area contributed by atoms with E-state index < -0.39 is 80.5 Å². The third-order valence-corrected chi connectivity index (χ3v) is 4.38. The largest absolute Gasteiger partial charge is 0.394 e. The highest BCUT2D eigenvalue weighted by Crippen LogP contribution is 2.28. The average Bonchev–Trinajstić information content (AvgIpc) is 2.60. The summed E-state index contributed by atoms with van der Waals surface area (Å²) in [4.78, 5) is 11.2. The van der Waals surface area contributed by atoms with E-state index in [1.165, 1.54) is 0 Å². The number of carbonyl (C=O) groups is 1. The van der Waals surface area contributed by atoms with Crippen molar-refractivity contribution in [2.75, 3.05) is 13.2 Å². The summed E-state index contributed by atoms with van der Waals surface area (Å²) in [6, 6.07) is -1.29. The van der Waals surface area contributed by atoms with Crippen LogP contribution < -0.4 is 5.32 Å². The fourth-order valence-electron chi connectivity index (χ4n) is 2.98. The average molecular weight is 383 g/mol. The van der Waals surface area contributed by atoms with Crippen molar-refractivity contribution in [2.24, 2.45) is 0 Å². The van der Waals surface area contributed by atoms with Gasteiger partial charge in [-0.25, -0.2) is 0 Å². The van der Waals surface area contributed by atoms with Gasteiger partial charge in [0.25, 0.3) is 0 Å². The molecule has 8 N–H and O–H groups in total. The van der Waals surface area contributed by atoms with E-state index in [-0.39, 0.29) is 0 Å². The molecule has 2 aliphatic heterocycles. The number of ether oxygens (including phenoxy) is 3. The molecule has 0 aromatic carbocycles. The number of aliphatic hydroxyl groups excluding tert-OH is 7. The molecule has 0 aromatic rings. The lowest BCUT2D eigenvalue weighted by atomic mass is 9.95. The summed E-state index contributed by atoms with van der Waals surface area (Å²) in [5.74, 6) is -0.564. The molecule has 0 spiro atoms. The Morgan fingerprint density at radius 3 is 2.08 bits per heavy atom. The molecule has 5 unspecified atom stereocenters. The number of rotatable bonds is 5. The van der Waals surface area contributed by atoms with Crippen LogP contribution >= 0.6 is 0 Å². The molecule has 0 aliphatic carbocycles. The van der Waals surface area contributed by atoms with E-state index in [1.807, 2.05) is 0 Å². The zero-order valence-electron chi connectivity index (χ0n) is 14.0. The van der Waals surface area contributed by atoms with E-state index in [0.717, 1.165) is 6.92 Å². The van der Waals surface area contributed by atoms with Crippen molar-refractivity contribution < 1.29 is 54.8 Å². The topological polar surface area (TPSA) is 198 Å². The van der Waals surface area contributed by atoms with E-state index in [2.05, 4.69) is 5.32 Å². The van der Waals surface area contributed by atoms with E-state index in [9.17, 15) is 40.5 Å². The minimum absolute atomic E-state index is 0.564. The summed E-state index contributed by atoms with van der Waals surface area (Å²) >= 11 is 0. The second-order valence-corrected chi connectivity index (χ2v) is 6.26. The molecule has 2 rings (SSSR count). The SMILES string of the molecule is CC(=O)NC1C(O)OC(CO)C(O[C@@H]2O[C@H](CO)[C@H](O)[C@H](O)[C@H]2O)C1O. The molecule has 10 atom stereocenters. The van der Waals surface area contributed by atoms with E-state index in [0.29, 0.717) is 0 Å². The van der Waals surface area contributed by atoms with Crippen LogP contribution in [-0.2, 0) is 19.0 Å². The van der Waals surface area contributed by atoms with Crippen LogP contribution in [0.5, 0.6) is 0 Å². The van der Waals surface area contributed by atoms with Gasteiger partial charge in [-0.05, 0) is 0 Å². The molecule has 1 amide bonds. The molecule has 0 aromatic heterocycles. The number of amides is 1. The highest BCUT2D eigenvalue weighted by Gasteiger charge is 2.50. The van der Waals surface area contributed by atoms with Crippen molar-refractivity contribution in [3.63, 3.8) is 0 Å². The van der Waals surface area contributed by atoms with Crippen molar-refractivity contribution in [3.05, 3.63) is 0 Å². The first-order chi connectivity index (χ1) is 12.2. The Kier molecular flexibility index (Phi) is 7.27. The zero-order chi connectivity index (χ0) is 19.6. The lowest BCUT2D eigenvalue weighted by Crippen LogP contribution is -2.67. The Labute approximate surface area is 148 Å². The summed E-state index contributed by atoms with van der Waals surface area (Å²) in [6.45, 7) is -0.195. The molecule has 152 valence electrons. The minimum Gasteiger partial charge on any atom is -0.394 e. The van der Waals surface area contributed by atoms with Gasteiger partial charge in [0.1, 0.15) is 48.8 Å². The van der Waals surface area contributed by atoms with Crippen LogP contribution in [0.2, 0.25) is 0 Å². The number of aliphatic hydroxyl groups is 7. The quantitative estimate of drug-likeness (QED) is 0.226. The van der Waals surface area contributed by atoms with E-state index in [1.54, 1.807) is 0 Å². The summed E-state index contributed by atoms with van der Waals surface area (Å²) < 4.78 is 15.7. The van der Waals surface area contributed by atoms with Crippen LogP contribution in [-0.4, -0.2) is 116 Å². The van der Waals surface area contributed by atoms with Gasteiger partial charge >= 0.3 is 0 Å². The lowest BCUT2D eigenvalue weighted by molar-refractivity contribution is -0.345. The smallest absolute Gasteiger partial charge is 0.217 e. The zero-order valence-corrected chi connectivity index (χ0v) is 14.0. The Morgan fingerprint density at radius 1 is 0.923 bits per heavy atom. The molecule has 2 saturated heterocycles. The third kappa shape index (κ3) is 4.31. The fourth-order valence-corrected chi connectivity index (χ4v) is 2.98. The molecule has 2 heterocycles. The Balaban J connectivity index is 2.16. The van der Waals surface area contributed by atoms with Crippen LogP contribution in [0.1, 0.15) is 6.92 Å². The summed E-state index contributed by atoms with van der Waals surface area (Å²) in [6.07, 6.45) is -13.6. The van der Waals surface area contributed by atoms with Crippen LogP contribution in [0.3, 0.4) is 0 Å². The van der Waals surface area contributed by atoms with Gasteiger partial charge in [0, 0.05) is 6.92 Å². The number of hydrogen-bond acceptors (Lipinski definition) is 11. The van der Waals surface area contributed by atoms with Gasteiger partial charge in [0.15, 0.2) is 12.6 Å². The van der Waals surface area contributed by atoms with Crippen LogP contribution in [0.4, 0.5) is 0 Å². The normalized spacial score (nSPS) is 46.8. The first kappa shape index (κ1) is 21.4. The van der Waals surface area contributed by atoms with Crippen molar-refractivity contribution in [2.45, 2.75) is 68.3 Å². The second kappa shape index (κ2) is 8.84. The number of hydrogen-bond donors (Lipinski definition) is 8. The fraction of sp³-hybridized carbons (Fsp3) is 0.929. The van der Waals surface area contributed by atoms with E-state index in [4.69, 9.17) is 14.2 Å². The highest BCUT2D eigenvalue weighted by atomic mass is 16.7. The summed E-state index contributed by atoms with van der Waals surface area (Å²) in [5, 5.41) is 70.7. The van der Waals surface area contributed by atoms with Gasteiger partial charge in [0.2, 0.25) is 5.91 Å². The maximum absolute atomic E-state index is 11.2. The Hall–Kier alpha value is -0.930. The Bertz CT molecular complexity index is 478. The van der Waals surface area contributed by atoms with Crippen LogP contribution in [0, 0.1) is 0 Å². The van der Waals surface area contributed by atoms with Gasteiger partial charge in [-0.3, -0.25) is 4.79 Å². The third-order valence-electron chi connectivity index (χ3n) is 4.38. The molecule has 12 nitrogen and oxygen atoms in total. The van der Waals surface area contributed by atoms with Crippen molar-refractivity contribution in [1.29, 1.82) is 0 Å². The molecular weight excluding hydrogens is 358 g/mol. The summed E-state index contributed by atoms with van der Waals surface area (Å²) in [5.41, 5.74) is 0. The predicted molar refractivity (Wildman–Crippen MR) is 80.2 cm³/mol. The maximum atomic E-state index is 11.2. The maximum Gasteiger partial charge on any atom is 0.217 e. The predicted octanol–water partition coefficient (Wildman–Crippen LogP) is -5.25. The molecular formula is C14H25NO11. The van der Waals surface area contributed by atoms with Crippen LogP contribution in [0.25, 0.3) is 0 Å². The first-order valence-corrected chi connectivity index (χ1v) is 8.06. The van der Waals surface area contributed by atoms with Gasteiger partial charge in [-0.2, -0.15) is 0 Å². The molecule has 0 bridgehead atoms. The van der Waals surface area contributed by atoms with Gasteiger partial charge in [-0.1, -0.05) is 0 Å². The second-order valence-electron chi connectivity index (χ2n) is 6.26. The monoisotopic (exact) mass is 383 g/mol. The minimum atomic E-state index is -1.73. The number of carbonyl (C=O) groups excluding carboxylic acids is 1. The molecule has 12 heteroatoms. The lowest BCUT2D eigenvalue weighted by Gasteiger charge is -2.46. The first-order valence-electron chi connectivity index (χ1n) is 8.06. The molecule has 26 heavy (non-hydrogen) atoms. The van der Waals surface area contributed by atoms with E-state index >= 15 is 0 Å². The molecule has 2 fully saturated rings. The standard InChI is InChI=1S/C14H25NO11/c1-4(18)15-7-9(20)12(6(3-17)24-13(7)23)26-14-11(22)10(21)8(19)5(2-16)25-14/h5-14,16-17,19-23H,2-3H2,1H3,(H,15,18)/t5-,6?,7?,8+,9?,10+,11-,12?,13?,14+/m1/s1. The van der Waals surface area contributed by atoms with Crippen LogP contribution in [0.15, 0.2) is 0 Å². The van der Waals surface area contributed by atoms with Gasteiger partial charge < -0.3 is 55.3 Å². The van der Waals surface area contributed by atoms with Gasteiger partial charge in [-0.15, -0.1) is 0 Å². The van der Waals surface area contributed by atoms with Crippen molar-refractivity contribution in [1.82, 2.24) is 5.32 Å². The molecule has 0 radical (unpaired) electrons. The Morgan fingerprint density at radius 2 is 1.54 bits per heavy atom. The summed E-state index contributed by atoms with van der Waals surface area (Å²) in [7, 11) is 0. The highest BCUT2D eigenvalue weighted by molar-refractivity contribution is 5.73. The van der Waals surface area contributed by atoms with Crippen molar-refractivity contribution >= 4 is 5.91 Å². The van der Waals surface area contributed by atoms with Gasteiger partial charge in [0.05, 0.1) is 13.2 Å². The number of nitrogens with one attached hydrogen (secondary N) is 1. The molecule has 2 aliphatic rings. The molecule has 0 saturated carbocycles. The van der Waals surface area contributed by atoms with Crippen molar-refractivity contribution in [3.8, 4) is 0 Å².